The molecule has 1 fully saturated rings. The molecule has 3 nitrogen and oxygen atoms in total. The van der Waals surface area contributed by atoms with Crippen molar-refractivity contribution in [3.63, 3.8) is 0 Å². The molecule has 3 heteroatoms. The van der Waals surface area contributed by atoms with Gasteiger partial charge >= 0.3 is 0 Å². The fourth-order valence-electron chi connectivity index (χ4n) is 2.50. The molecule has 0 radical (unpaired) electrons. The van der Waals surface area contributed by atoms with Gasteiger partial charge in [-0.25, -0.2) is 0 Å². The van der Waals surface area contributed by atoms with E-state index in [1.165, 1.54) is 32.2 Å². The first-order chi connectivity index (χ1) is 7.74. The Bertz CT molecular complexity index is 314. The molecule has 0 bridgehead atoms. The SMILES string of the molecule is CN(Cc1ccc(N)cn1)CC1CCCC1. The van der Waals surface area contributed by atoms with Gasteiger partial charge in [0, 0.05) is 13.1 Å². The largest absolute Gasteiger partial charge is 0.397 e. The van der Waals surface area contributed by atoms with Gasteiger partial charge in [0.1, 0.15) is 0 Å². The molecular weight excluding hydrogens is 198 g/mol. The van der Waals surface area contributed by atoms with Gasteiger partial charge in [-0.3, -0.25) is 4.98 Å². The predicted octanol–water partition coefficient (Wildman–Crippen LogP) is 2.29. The molecule has 0 saturated heterocycles. The Labute approximate surface area is 97.7 Å². The summed E-state index contributed by atoms with van der Waals surface area (Å²) >= 11 is 0. The number of nitrogen functional groups attached to an aromatic ring is 1. The normalized spacial score (nSPS) is 17.1. The van der Waals surface area contributed by atoms with E-state index in [1.807, 2.05) is 12.1 Å². The summed E-state index contributed by atoms with van der Waals surface area (Å²) in [4.78, 5) is 6.70. The minimum atomic E-state index is 0.738. The maximum absolute atomic E-state index is 5.61. The number of pyridine rings is 1. The van der Waals surface area contributed by atoms with Crippen LogP contribution in [0.1, 0.15) is 31.4 Å². The third-order valence-electron chi connectivity index (χ3n) is 3.32. The molecule has 1 saturated carbocycles. The number of nitrogens with two attached hydrogens (primary N) is 1. The van der Waals surface area contributed by atoms with Gasteiger partial charge in [-0.2, -0.15) is 0 Å². The van der Waals surface area contributed by atoms with Crippen molar-refractivity contribution < 1.29 is 0 Å². The molecular formula is C13H21N3. The van der Waals surface area contributed by atoms with Crippen molar-refractivity contribution in [1.29, 1.82) is 0 Å². The van der Waals surface area contributed by atoms with Gasteiger partial charge in [0.25, 0.3) is 0 Å². The first-order valence-corrected chi connectivity index (χ1v) is 6.13. The van der Waals surface area contributed by atoms with E-state index in [2.05, 4.69) is 16.9 Å². The van der Waals surface area contributed by atoms with Crippen LogP contribution in [0.4, 0.5) is 5.69 Å². The van der Waals surface area contributed by atoms with Crippen molar-refractivity contribution >= 4 is 5.69 Å². The van der Waals surface area contributed by atoms with E-state index in [0.29, 0.717) is 0 Å². The summed E-state index contributed by atoms with van der Waals surface area (Å²) in [6.45, 7) is 2.13. The Morgan fingerprint density at radius 3 is 2.75 bits per heavy atom. The molecule has 0 spiro atoms. The van der Waals surface area contributed by atoms with Crippen molar-refractivity contribution in [2.45, 2.75) is 32.2 Å². The smallest absolute Gasteiger partial charge is 0.0545 e. The average Bonchev–Trinajstić information content (AvgIpc) is 2.74. The van der Waals surface area contributed by atoms with Crippen LogP contribution < -0.4 is 5.73 Å². The molecule has 88 valence electrons. The third kappa shape index (κ3) is 3.20. The lowest BCUT2D eigenvalue weighted by molar-refractivity contribution is 0.268. The Kier molecular flexibility index (Phi) is 3.78. The van der Waals surface area contributed by atoms with Crippen molar-refractivity contribution in [3.05, 3.63) is 24.0 Å². The van der Waals surface area contributed by atoms with Crippen LogP contribution in [-0.2, 0) is 6.54 Å². The number of anilines is 1. The summed E-state index contributed by atoms with van der Waals surface area (Å²) in [5, 5.41) is 0. The number of rotatable bonds is 4. The average molecular weight is 219 g/mol. The second-order valence-corrected chi connectivity index (χ2v) is 4.93. The van der Waals surface area contributed by atoms with E-state index in [1.54, 1.807) is 6.20 Å². The van der Waals surface area contributed by atoms with Crippen LogP contribution in [-0.4, -0.2) is 23.5 Å². The van der Waals surface area contributed by atoms with Crippen molar-refractivity contribution in [2.75, 3.05) is 19.3 Å². The maximum Gasteiger partial charge on any atom is 0.0545 e. The summed E-state index contributed by atoms with van der Waals surface area (Å²) in [5.41, 5.74) is 7.46. The highest BCUT2D eigenvalue weighted by molar-refractivity contribution is 5.34. The van der Waals surface area contributed by atoms with Crippen LogP contribution in [0.5, 0.6) is 0 Å². The molecule has 16 heavy (non-hydrogen) atoms. The van der Waals surface area contributed by atoms with Gasteiger partial charge in [-0.15, -0.1) is 0 Å². The fraction of sp³-hybridized carbons (Fsp3) is 0.615. The van der Waals surface area contributed by atoms with Gasteiger partial charge < -0.3 is 10.6 Å². The van der Waals surface area contributed by atoms with E-state index in [4.69, 9.17) is 5.73 Å². The molecule has 2 rings (SSSR count). The minimum absolute atomic E-state index is 0.738. The predicted molar refractivity (Wildman–Crippen MR) is 66.9 cm³/mol. The summed E-state index contributed by atoms with van der Waals surface area (Å²) in [6.07, 6.45) is 7.37. The van der Waals surface area contributed by atoms with E-state index in [0.717, 1.165) is 23.8 Å². The number of hydrogen-bond acceptors (Lipinski definition) is 3. The molecule has 1 heterocycles. The first-order valence-electron chi connectivity index (χ1n) is 6.13. The molecule has 1 aromatic heterocycles. The van der Waals surface area contributed by atoms with Crippen molar-refractivity contribution in [2.24, 2.45) is 5.92 Å². The Hall–Kier alpha value is -1.09. The van der Waals surface area contributed by atoms with E-state index in [-0.39, 0.29) is 0 Å². The van der Waals surface area contributed by atoms with Gasteiger partial charge in [-0.05, 0) is 37.9 Å². The highest BCUT2D eigenvalue weighted by Gasteiger charge is 2.16. The highest BCUT2D eigenvalue weighted by atomic mass is 15.1. The maximum atomic E-state index is 5.61. The zero-order chi connectivity index (χ0) is 11.4. The Balaban J connectivity index is 1.81. The van der Waals surface area contributed by atoms with Crippen LogP contribution >= 0.6 is 0 Å². The fourth-order valence-corrected chi connectivity index (χ4v) is 2.50. The molecule has 0 aliphatic heterocycles. The molecule has 1 aliphatic carbocycles. The topological polar surface area (TPSA) is 42.1 Å². The lowest BCUT2D eigenvalue weighted by atomic mass is 10.1. The monoisotopic (exact) mass is 219 g/mol. The molecule has 0 unspecified atom stereocenters. The lowest BCUT2D eigenvalue weighted by Crippen LogP contribution is -2.24. The minimum Gasteiger partial charge on any atom is -0.397 e. The van der Waals surface area contributed by atoms with Crippen LogP contribution in [0.25, 0.3) is 0 Å². The van der Waals surface area contributed by atoms with Gasteiger partial charge in [-0.1, -0.05) is 12.8 Å². The van der Waals surface area contributed by atoms with Gasteiger partial charge in [0.2, 0.25) is 0 Å². The Morgan fingerprint density at radius 1 is 1.38 bits per heavy atom. The molecule has 0 amide bonds. The molecule has 0 atom stereocenters. The van der Waals surface area contributed by atoms with Crippen molar-refractivity contribution in [1.82, 2.24) is 9.88 Å². The van der Waals surface area contributed by atoms with Crippen LogP contribution in [0.2, 0.25) is 0 Å². The van der Waals surface area contributed by atoms with Crippen LogP contribution in [0.15, 0.2) is 18.3 Å². The molecule has 2 N–H and O–H groups in total. The second kappa shape index (κ2) is 5.30. The zero-order valence-electron chi connectivity index (χ0n) is 10.0. The highest BCUT2D eigenvalue weighted by Crippen LogP contribution is 2.25. The van der Waals surface area contributed by atoms with Gasteiger partial charge in [0.05, 0.1) is 17.6 Å². The van der Waals surface area contributed by atoms with Crippen molar-refractivity contribution in [3.8, 4) is 0 Å². The molecule has 1 aromatic rings. The third-order valence-corrected chi connectivity index (χ3v) is 3.32. The zero-order valence-corrected chi connectivity index (χ0v) is 10.0. The van der Waals surface area contributed by atoms with Crippen LogP contribution in [0.3, 0.4) is 0 Å². The number of nitrogens with zero attached hydrogens (tertiary/aromatic N) is 2. The second-order valence-electron chi connectivity index (χ2n) is 4.93. The van der Waals surface area contributed by atoms with E-state index >= 15 is 0 Å². The first kappa shape index (κ1) is 11.4. The lowest BCUT2D eigenvalue weighted by Gasteiger charge is -2.20. The quantitative estimate of drug-likeness (QED) is 0.844. The molecule has 1 aliphatic rings. The number of hydrogen-bond donors (Lipinski definition) is 1. The Morgan fingerprint density at radius 2 is 2.12 bits per heavy atom. The molecule has 0 aromatic carbocycles. The van der Waals surface area contributed by atoms with E-state index in [9.17, 15) is 0 Å². The van der Waals surface area contributed by atoms with E-state index < -0.39 is 0 Å². The van der Waals surface area contributed by atoms with Gasteiger partial charge in [0.15, 0.2) is 0 Å². The number of aromatic nitrogens is 1. The summed E-state index contributed by atoms with van der Waals surface area (Å²) in [5.74, 6) is 0.902. The summed E-state index contributed by atoms with van der Waals surface area (Å²) in [6, 6.07) is 3.94. The summed E-state index contributed by atoms with van der Waals surface area (Å²) < 4.78 is 0. The standard InChI is InChI=1S/C13H21N3/c1-16(9-11-4-2-3-5-11)10-13-7-6-12(14)8-15-13/h6-8,11H,2-5,9-10,14H2,1H3. The van der Waals surface area contributed by atoms with Crippen LogP contribution in [0, 0.1) is 5.92 Å². The summed E-state index contributed by atoms with van der Waals surface area (Å²) in [7, 11) is 2.18.